The number of rotatable bonds is 4. The Kier molecular flexibility index (Phi) is 6.15. The second-order valence-corrected chi connectivity index (χ2v) is 8.61. The van der Waals surface area contributed by atoms with Crippen molar-refractivity contribution in [2.75, 3.05) is 18.8 Å². The predicted molar refractivity (Wildman–Crippen MR) is 118 cm³/mol. The number of anilines is 1. The first-order chi connectivity index (χ1) is 14.9. The Morgan fingerprint density at radius 3 is 2.39 bits per heavy atom. The quantitative estimate of drug-likeness (QED) is 0.783. The third kappa shape index (κ3) is 4.68. The van der Waals surface area contributed by atoms with E-state index in [2.05, 4.69) is 20.3 Å². The van der Waals surface area contributed by atoms with Crippen LogP contribution in [0.15, 0.2) is 18.3 Å². The molecule has 0 spiro atoms. The summed E-state index contributed by atoms with van der Waals surface area (Å²) in [6, 6.07) is 3.93. The second-order valence-electron chi connectivity index (χ2n) is 8.61. The summed E-state index contributed by atoms with van der Waals surface area (Å²) in [5.74, 6) is 0.992. The van der Waals surface area contributed by atoms with Gasteiger partial charge in [-0.3, -0.25) is 9.59 Å². The number of pyridine rings is 1. The van der Waals surface area contributed by atoms with Crippen molar-refractivity contribution >= 4 is 17.6 Å². The summed E-state index contributed by atoms with van der Waals surface area (Å²) in [4.78, 5) is 40.2. The number of hydrogen-bond donors (Lipinski definition) is 2. The number of aromatic nitrogens is 3. The molecule has 1 aliphatic carbocycles. The van der Waals surface area contributed by atoms with Crippen molar-refractivity contribution in [2.24, 2.45) is 0 Å². The number of nitrogens with one attached hydrogen (secondary N) is 1. The Bertz CT molecular complexity index is 978. The molecule has 2 aromatic rings. The van der Waals surface area contributed by atoms with Gasteiger partial charge in [-0.1, -0.05) is 12.8 Å². The first-order valence-corrected chi connectivity index (χ1v) is 11.1. The van der Waals surface area contributed by atoms with Crippen LogP contribution in [0.25, 0.3) is 0 Å². The molecule has 2 aromatic heterocycles. The van der Waals surface area contributed by atoms with Gasteiger partial charge in [0.15, 0.2) is 0 Å². The molecule has 0 aromatic carbocycles. The Balaban J connectivity index is 1.37. The molecule has 0 bridgehead atoms. The van der Waals surface area contributed by atoms with Crippen LogP contribution in [0.3, 0.4) is 0 Å². The highest BCUT2D eigenvalue weighted by Crippen LogP contribution is 2.29. The first kappa shape index (κ1) is 21.2. The van der Waals surface area contributed by atoms with E-state index in [1.165, 1.54) is 0 Å². The van der Waals surface area contributed by atoms with Crippen LogP contribution in [0.1, 0.15) is 82.4 Å². The second kappa shape index (κ2) is 8.99. The van der Waals surface area contributed by atoms with Gasteiger partial charge in [-0.25, -0.2) is 15.0 Å². The van der Waals surface area contributed by atoms with E-state index in [9.17, 15) is 9.59 Å². The van der Waals surface area contributed by atoms with Crippen molar-refractivity contribution in [1.29, 1.82) is 0 Å². The van der Waals surface area contributed by atoms with E-state index in [0.717, 1.165) is 44.2 Å². The van der Waals surface area contributed by atoms with E-state index in [0.29, 0.717) is 35.7 Å². The summed E-state index contributed by atoms with van der Waals surface area (Å²) < 4.78 is 0. The van der Waals surface area contributed by atoms with Gasteiger partial charge in [0.2, 0.25) is 0 Å². The third-order valence-electron chi connectivity index (χ3n) is 6.41. The number of piperidine rings is 1. The lowest BCUT2D eigenvalue weighted by molar-refractivity contribution is 0.0710. The maximum atomic E-state index is 12.9. The van der Waals surface area contributed by atoms with Gasteiger partial charge < -0.3 is 16.0 Å². The topological polar surface area (TPSA) is 114 Å². The van der Waals surface area contributed by atoms with Crippen molar-refractivity contribution in [1.82, 2.24) is 25.2 Å². The van der Waals surface area contributed by atoms with Gasteiger partial charge in [0.05, 0.1) is 16.8 Å². The third-order valence-corrected chi connectivity index (χ3v) is 6.41. The van der Waals surface area contributed by atoms with E-state index in [1.54, 1.807) is 12.3 Å². The number of carbonyl (C=O) groups is 2. The smallest absolute Gasteiger partial charge is 0.257 e. The zero-order valence-corrected chi connectivity index (χ0v) is 18.2. The Morgan fingerprint density at radius 2 is 1.74 bits per heavy atom. The van der Waals surface area contributed by atoms with Gasteiger partial charge in [0, 0.05) is 36.9 Å². The number of hydrogen-bond acceptors (Lipinski definition) is 6. The number of likely N-dealkylation sites (tertiary alicyclic amines) is 1. The number of nitrogen functional groups attached to an aromatic ring is 1. The molecule has 8 heteroatoms. The highest BCUT2D eigenvalue weighted by atomic mass is 16.2. The molecule has 2 aliphatic rings. The van der Waals surface area contributed by atoms with Gasteiger partial charge in [-0.05, 0) is 51.7 Å². The van der Waals surface area contributed by atoms with Gasteiger partial charge in [-0.2, -0.15) is 0 Å². The molecule has 0 radical (unpaired) electrons. The van der Waals surface area contributed by atoms with Gasteiger partial charge in [0.25, 0.3) is 11.8 Å². The fourth-order valence-electron chi connectivity index (χ4n) is 4.59. The lowest BCUT2D eigenvalue weighted by Crippen LogP contribution is -2.38. The average Bonchev–Trinajstić information content (AvgIpc) is 3.26. The molecule has 0 atom stereocenters. The van der Waals surface area contributed by atoms with Crippen LogP contribution in [0.2, 0.25) is 0 Å². The molecule has 3 heterocycles. The van der Waals surface area contributed by atoms with Gasteiger partial charge in [0.1, 0.15) is 11.6 Å². The van der Waals surface area contributed by atoms with Crippen LogP contribution in [0.5, 0.6) is 0 Å². The number of aryl methyl sites for hydroxylation is 2. The molecule has 8 nitrogen and oxygen atoms in total. The van der Waals surface area contributed by atoms with Crippen LogP contribution in [0, 0.1) is 13.8 Å². The minimum atomic E-state index is -0.139. The minimum Gasteiger partial charge on any atom is -0.383 e. The maximum absolute atomic E-state index is 12.9. The standard InChI is InChI=1S/C23H30N6O2/c1-14-19(13-25-15(2)26-14)23(31)29-11-9-16(10-12-29)20-8-7-18(21(24)28-20)22(30)27-17-5-3-4-6-17/h7-8,13,16-17H,3-6,9-12H2,1-2H3,(H2,24,28)(H,27,30). The monoisotopic (exact) mass is 422 g/mol. The van der Waals surface area contributed by atoms with Crippen LogP contribution < -0.4 is 11.1 Å². The van der Waals surface area contributed by atoms with Crippen LogP contribution in [-0.4, -0.2) is 50.8 Å². The van der Waals surface area contributed by atoms with E-state index >= 15 is 0 Å². The fraction of sp³-hybridized carbons (Fsp3) is 0.522. The molecule has 1 saturated carbocycles. The van der Waals surface area contributed by atoms with Crippen LogP contribution in [0.4, 0.5) is 5.82 Å². The number of nitrogens with two attached hydrogens (primary N) is 1. The van der Waals surface area contributed by atoms with Crippen molar-refractivity contribution in [3.63, 3.8) is 0 Å². The lowest BCUT2D eigenvalue weighted by Gasteiger charge is -2.32. The molecule has 3 N–H and O–H groups in total. The van der Waals surface area contributed by atoms with E-state index in [1.807, 2.05) is 24.8 Å². The molecule has 31 heavy (non-hydrogen) atoms. The Labute approximate surface area is 182 Å². The molecule has 2 fully saturated rings. The molecule has 1 aliphatic heterocycles. The molecule has 4 rings (SSSR count). The van der Waals surface area contributed by atoms with E-state index in [-0.39, 0.29) is 29.6 Å². The van der Waals surface area contributed by atoms with Crippen molar-refractivity contribution < 1.29 is 9.59 Å². The van der Waals surface area contributed by atoms with Gasteiger partial charge >= 0.3 is 0 Å². The Hall–Kier alpha value is -3.03. The summed E-state index contributed by atoms with van der Waals surface area (Å²) in [6.07, 6.45) is 7.61. The van der Waals surface area contributed by atoms with E-state index < -0.39 is 0 Å². The predicted octanol–water partition coefficient (Wildman–Crippen LogP) is 2.76. The zero-order valence-electron chi connectivity index (χ0n) is 18.2. The number of carbonyl (C=O) groups excluding carboxylic acids is 2. The summed E-state index contributed by atoms with van der Waals surface area (Å²) in [5.41, 5.74) is 8.73. The number of amides is 2. The van der Waals surface area contributed by atoms with Crippen molar-refractivity contribution in [2.45, 2.75) is 64.3 Å². The number of nitrogens with zero attached hydrogens (tertiary/aromatic N) is 4. The normalized spacial score (nSPS) is 17.7. The first-order valence-electron chi connectivity index (χ1n) is 11.1. The molecule has 0 unspecified atom stereocenters. The summed E-state index contributed by atoms with van der Waals surface area (Å²) in [7, 11) is 0. The summed E-state index contributed by atoms with van der Waals surface area (Å²) in [5, 5.41) is 3.06. The summed E-state index contributed by atoms with van der Waals surface area (Å²) in [6.45, 7) is 4.94. The largest absolute Gasteiger partial charge is 0.383 e. The van der Waals surface area contributed by atoms with Crippen molar-refractivity contribution in [3.05, 3.63) is 46.7 Å². The molecular weight excluding hydrogens is 392 g/mol. The minimum absolute atomic E-state index is 0.0256. The maximum Gasteiger partial charge on any atom is 0.257 e. The molecule has 164 valence electrons. The highest BCUT2D eigenvalue weighted by molar-refractivity contribution is 5.98. The fourth-order valence-corrected chi connectivity index (χ4v) is 4.59. The van der Waals surface area contributed by atoms with E-state index in [4.69, 9.17) is 5.73 Å². The van der Waals surface area contributed by atoms with Crippen LogP contribution >= 0.6 is 0 Å². The molecule has 2 amide bonds. The zero-order chi connectivity index (χ0) is 22.0. The van der Waals surface area contributed by atoms with Crippen molar-refractivity contribution in [3.8, 4) is 0 Å². The highest BCUT2D eigenvalue weighted by Gasteiger charge is 2.27. The van der Waals surface area contributed by atoms with Crippen LogP contribution in [-0.2, 0) is 0 Å². The summed E-state index contributed by atoms with van der Waals surface area (Å²) >= 11 is 0. The molecule has 1 saturated heterocycles. The lowest BCUT2D eigenvalue weighted by atomic mass is 9.92. The Morgan fingerprint density at radius 1 is 1.03 bits per heavy atom. The average molecular weight is 423 g/mol. The molecular formula is C23H30N6O2. The SMILES string of the molecule is Cc1ncc(C(=O)N2CCC(c3ccc(C(=O)NC4CCCC4)c(N)n3)CC2)c(C)n1. The van der Waals surface area contributed by atoms with Gasteiger partial charge in [-0.15, -0.1) is 0 Å².